The van der Waals surface area contributed by atoms with Gasteiger partial charge in [0.25, 0.3) is 5.56 Å². The molecule has 30 heavy (non-hydrogen) atoms. The van der Waals surface area contributed by atoms with Crippen LogP contribution in [0.5, 0.6) is 0 Å². The van der Waals surface area contributed by atoms with Crippen LogP contribution in [0.2, 0.25) is 5.15 Å². The van der Waals surface area contributed by atoms with Gasteiger partial charge >= 0.3 is 5.69 Å². The van der Waals surface area contributed by atoms with Crippen molar-refractivity contribution < 1.29 is 0 Å². The molecule has 3 aromatic heterocycles. The summed E-state index contributed by atoms with van der Waals surface area (Å²) in [5, 5.41) is 3.84. The third-order valence-corrected chi connectivity index (χ3v) is 7.28. The zero-order chi connectivity index (χ0) is 21.0. The molecule has 1 aromatic carbocycles. The number of aromatic nitrogens is 4. The first-order valence-corrected chi connectivity index (χ1v) is 11.2. The summed E-state index contributed by atoms with van der Waals surface area (Å²) in [7, 11) is 3.29. The molecular weight excluding hydrogens is 420 g/mol. The number of rotatable bonds is 2. The molecule has 0 radical (unpaired) electrons. The first-order chi connectivity index (χ1) is 14.5. The Balaban J connectivity index is 1.98. The van der Waals surface area contributed by atoms with Gasteiger partial charge in [-0.1, -0.05) is 48.4 Å². The van der Waals surface area contributed by atoms with E-state index in [1.165, 1.54) is 15.9 Å². The van der Waals surface area contributed by atoms with Gasteiger partial charge < -0.3 is 4.57 Å². The Kier molecular flexibility index (Phi) is 4.67. The van der Waals surface area contributed by atoms with E-state index in [0.717, 1.165) is 47.8 Å². The van der Waals surface area contributed by atoms with Crippen molar-refractivity contribution in [2.75, 3.05) is 0 Å². The minimum Gasteiger partial charge on any atom is -0.341 e. The number of aryl methyl sites for hydroxylation is 1. The zero-order valence-corrected chi connectivity index (χ0v) is 18.3. The molecular formula is C22H21ClN4O2S. The van der Waals surface area contributed by atoms with Gasteiger partial charge in [-0.15, -0.1) is 11.3 Å². The maximum absolute atomic E-state index is 13.3. The maximum atomic E-state index is 13.3. The third-order valence-electron chi connectivity index (χ3n) is 6.00. The van der Waals surface area contributed by atoms with Gasteiger partial charge in [0.1, 0.15) is 10.2 Å². The average molecular weight is 441 g/mol. The molecule has 0 saturated carbocycles. The van der Waals surface area contributed by atoms with Crippen LogP contribution in [0.15, 0.2) is 45.3 Å². The fourth-order valence-electron chi connectivity index (χ4n) is 4.64. The van der Waals surface area contributed by atoms with Crippen LogP contribution in [0.25, 0.3) is 22.2 Å². The number of benzene rings is 1. The molecule has 1 atom stereocenters. The van der Waals surface area contributed by atoms with Crippen LogP contribution in [-0.4, -0.2) is 18.7 Å². The van der Waals surface area contributed by atoms with Gasteiger partial charge in [-0.2, -0.15) is 0 Å². The van der Waals surface area contributed by atoms with Crippen molar-refractivity contribution in [2.45, 2.75) is 31.7 Å². The molecule has 154 valence electrons. The Morgan fingerprint density at radius 1 is 1.10 bits per heavy atom. The molecule has 1 aliphatic heterocycles. The van der Waals surface area contributed by atoms with E-state index < -0.39 is 0 Å². The number of thiazole rings is 1. The van der Waals surface area contributed by atoms with E-state index in [1.54, 1.807) is 18.7 Å². The smallest absolute Gasteiger partial charge is 0.331 e. The topological polar surface area (TPSA) is 61.8 Å². The van der Waals surface area contributed by atoms with Crippen LogP contribution in [-0.2, 0) is 20.6 Å². The maximum Gasteiger partial charge on any atom is 0.331 e. The summed E-state index contributed by atoms with van der Waals surface area (Å²) in [5.74, 6) is -0.0114. The van der Waals surface area contributed by atoms with Crippen molar-refractivity contribution in [2.24, 2.45) is 14.1 Å². The lowest BCUT2D eigenvalue weighted by Gasteiger charge is -2.16. The Labute approximate surface area is 182 Å². The van der Waals surface area contributed by atoms with E-state index in [1.807, 2.05) is 35.7 Å². The van der Waals surface area contributed by atoms with E-state index >= 15 is 0 Å². The molecule has 5 rings (SSSR count). The Morgan fingerprint density at radius 2 is 1.87 bits per heavy atom. The normalized spacial score (nSPS) is 16.6. The number of halogens is 1. The van der Waals surface area contributed by atoms with E-state index in [4.69, 9.17) is 11.6 Å². The second-order valence-corrected chi connectivity index (χ2v) is 9.01. The Bertz CT molecular complexity index is 1380. The fourth-order valence-corrected chi connectivity index (χ4v) is 5.74. The van der Waals surface area contributed by atoms with Crippen molar-refractivity contribution >= 4 is 33.8 Å². The van der Waals surface area contributed by atoms with E-state index in [9.17, 15) is 9.59 Å². The average Bonchev–Trinajstić information content (AvgIpc) is 3.26. The summed E-state index contributed by atoms with van der Waals surface area (Å²) in [6.07, 6.45) is 2.94. The first-order valence-electron chi connectivity index (χ1n) is 9.97. The van der Waals surface area contributed by atoms with Crippen LogP contribution in [0, 0.1) is 0 Å². The molecule has 0 unspecified atom stereocenters. The first kappa shape index (κ1) is 19.3. The predicted molar refractivity (Wildman–Crippen MR) is 121 cm³/mol. The van der Waals surface area contributed by atoms with Crippen molar-refractivity contribution in [3.8, 4) is 11.3 Å². The van der Waals surface area contributed by atoms with Crippen molar-refractivity contribution in [3.05, 3.63) is 72.4 Å². The second-order valence-electron chi connectivity index (χ2n) is 7.74. The molecule has 6 nitrogen and oxygen atoms in total. The number of nitrogens with zero attached hydrogens (tertiary/aromatic N) is 4. The highest BCUT2D eigenvalue weighted by molar-refractivity contribution is 7.10. The minimum absolute atomic E-state index is 0.0114. The Hall–Kier alpha value is -2.64. The summed E-state index contributed by atoms with van der Waals surface area (Å²) >= 11 is 7.69. The third kappa shape index (κ3) is 2.80. The fraction of sp³-hybridized carbons (Fsp3) is 0.318. The van der Waals surface area contributed by atoms with Gasteiger partial charge in [0.05, 0.1) is 28.2 Å². The SMILES string of the molecule is Cn1c(=O)c2c(-c3ccccc3)n3c(c2n(C)c1=O)[C@@H](c1nc(Cl)cs1)CCCC3. The molecule has 0 bridgehead atoms. The highest BCUT2D eigenvalue weighted by Gasteiger charge is 2.32. The van der Waals surface area contributed by atoms with Crippen LogP contribution in [0.4, 0.5) is 0 Å². The predicted octanol–water partition coefficient (Wildman–Crippen LogP) is 4.13. The van der Waals surface area contributed by atoms with Gasteiger partial charge in [-0.3, -0.25) is 13.9 Å². The highest BCUT2D eigenvalue weighted by Crippen LogP contribution is 2.42. The lowest BCUT2D eigenvalue weighted by Crippen LogP contribution is -2.37. The molecule has 8 heteroatoms. The van der Waals surface area contributed by atoms with Crippen LogP contribution >= 0.6 is 22.9 Å². The summed E-state index contributed by atoms with van der Waals surface area (Å²) in [6.45, 7) is 0.793. The summed E-state index contributed by atoms with van der Waals surface area (Å²) in [5.41, 5.74) is 2.97. The number of hydrogen-bond acceptors (Lipinski definition) is 4. The van der Waals surface area contributed by atoms with Gasteiger partial charge in [0.2, 0.25) is 0 Å². The van der Waals surface area contributed by atoms with Crippen LogP contribution in [0.3, 0.4) is 0 Å². The van der Waals surface area contributed by atoms with Crippen molar-refractivity contribution in [1.82, 2.24) is 18.7 Å². The molecule has 0 saturated heterocycles. The quantitative estimate of drug-likeness (QED) is 0.470. The summed E-state index contributed by atoms with van der Waals surface area (Å²) in [6, 6.07) is 9.95. The van der Waals surface area contributed by atoms with E-state index in [2.05, 4.69) is 9.55 Å². The van der Waals surface area contributed by atoms with Gasteiger partial charge in [0, 0.05) is 26.0 Å². The second kappa shape index (κ2) is 7.25. The Morgan fingerprint density at radius 3 is 2.57 bits per heavy atom. The van der Waals surface area contributed by atoms with Gasteiger partial charge in [-0.05, 0) is 18.4 Å². The van der Waals surface area contributed by atoms with Crippen LogP contribution < -0.4 is 11.2 Å². The van der Waals surface area contributed by atoms with Crippen molar-refractivity contribution in [1.29, 1.82) is 0 Å². The number of fused-ring (bicyclic) bond motifs is 3. The molecule has 0 aliphatic carbocycles. The molecule has 4 aromatic rings. The molecule has 0 amide bonds. The lowest BCUT2D eigenvalue weighted by molar-refractivity contribution is 0.633. The molecule has 4 heterocycles. The highest BCUT2D eigenvalue weighted by atomic mass is 35.5. The zero-order valence-electron chi connectivity index (χ0n) is 16.8. The largest absolute Gasteiger partial charge is 0.341 e. The monoisotopic (exact) mass is 440 g/mol. The lowest BCUT2D eigenvalue weighted by atomic mass is 9.99. The summed E-state index contributed by atoms with van der Waals surface area (Å²) in [4.78, 5) is 30.8. The number of hydrogen-bond donors (Lipinski definition) is 0. The van der Waals surface area contributed by atoms with Crippen LogP contribution in [0.1, 0.15) is 35.9 Å². The standard InChI is InChI=1S/C22H21ClN4O2S/c1-25-19-16(21(28)26(2)22(25)29)17(13-8-4-3-5-9-13)27-11-7-6-10-14(18(19)27)20-24-15(23)12-30-20/h3-5,8-9,12,14H,6-7,10-11H2,1-2H3/t14-/m0/s1. The van der Waals surface area contributed by atoms with Crippen molar-refractivity contribution in [3.63, 3.8) is 0 Å². The van der Waals surface area contributed by atoms with Gasteiger partial charge in [0.15, 0.2) is 0 Å². The minimum atomic E-state index is -0.319. The van der Waals surface area contributed by atoms with Gasteiger partial charge in [-0.25, -0.2) is 9.78 Å². The summed E-state index contributed by atoms with van der Waals surface area (Å²) < 4.78 is 5.06. The molecule has 0 N–H and O–H groups in total. The van der Waals surface area contributed by atoms with E-state index in [0.29, 0.717) is 16.1 Å². The molecule has 0 fully saturated rings. The molecule has 1 aliphatic rings. The molecule has 0 spiro atoms. The van der Waals surface area contributed by atoms with E-state index in [-0.39, 0.29) is 17.2 Å².